The van der Waals surface area contributed by atoms with E-state index in [1.165, 1.54) is 0 Å². The van der Waals surface area contributed by atoms with E-state index in [0.29, 0.717) is 6.54 Å². The largest absolute Gasteiger partial charge is 0.443 e. The van der Waals surface area contributed by atoms with Gasteiger partial charge in [0.1, 0.15) is 5.60 Å². The number of benzene rings is 1. The average molecular weight is 297 g/mol. The number of fused-ring (bicyclic) bond motifs is 1. The highest BCUT2D eigenvalue weighted by molar-refractivity contribution is 5.92. The Morgan fingerprint density at radius 1 is 1.27 bits per heavy atom. The standard InChI is InChI=1S/C17H19N3O2/c1-17(2,3)22-16(21)20-11-13(10-19-9-8-18-12-19)14-6-4-5-7-15(14)20/h4-9,11-12H,10H2,1-3H3. The van der Waals surface area contributed by atoms with Crippen molar-refractivity contribution in [2.75, 3.05) is 0 Å². The van der Waals surface area contributed by atoms with Crippen LogP contribution < -0.4 is 0 Å². The molecule has 22 heavy (non-hydrogen) atoms. The number of carbonyl (C=O) groups excluding carboxylic acids is 1. The van der Waals surface area contributed by atoms with Gasteiger partial charge in [-0.1, -0.05) is 18.2 Å². The molecule has 0 N–H and O–H groups in total. The minimum Gasteiger partial charge on any atom is -0.443 e. The van der Waals surface area contributed by atoms with Gasteiger partial charge in [-0.25, -0.2) is 9.78 Å². The van der Waals surface area contributed by atoms with E-state index in [4.69, 9.17) is 4.74 Å². The van der Waals surface area contributed by atoms with E-state index >= 15 is 0 Å². The zero-order valence-electron chi connectivity index (χ0n) is 13.0. The predicted molar refractivity (Wildman–Crippen MR) is 84.9 cm³/mol. The van der Waals surface area contributed by atoms with Crippen LogP contribution in [0.2, 0.25) is 0 Å². The van der Waals surface area contributed by atoms with E-state index in [1.54, 1.807) is 17.1 Å². The van der Waals surface area contributed by atoms with Crippen LogP contribution in [0.15, 0.2) is 49.2 Å². The van der Waals surface area contributed by atoms with Gasteiger partial charge in [-0.2, -0.15) is 0 Å². The number of ether oxygens (including phenoxy) is 1. The molecule has 0 bridgehead atoms. The van der Waals surface area contributed by atoms with Crippen LogP contribution in [0.1, 0.15) is 26.3 Å². The highest BCUT2D eigenvalue weighted by Gasteiger charge is 2.20. The quantitative estimate of drug-likeness (QED) is 0.725. The minimum absolute atomic E-state index is 0.361. The first-order chi connectivity index (χ1) is 10.4. The van der Waals surface area contributed by atoms with Gasteiger partial charge in [0.2, 0.25) is 0 Å². The molecule has 2 aromatic heterocycles. The maximum atomic E-state index is 12.4. The van der Waals surface area contributed by atoms with Crippen LogP contribution in [-0.2, 0) is 11.3 Å². The lowest BCUT2D eigenvalue weighted by molar-refractivity contribution is 0.0544. The molecule has 0 fully saturated rings. The van der Waals surface area contributed by atoms with E-state index in [1.807, 2.05) is 62.0 Å². The molecule has 0 radical (unpaired) electrons. The van der Waals surface area contributed by atoms with Gasteiger partial charge in [-0.3, -0.25) is 4.57 Å². The highest BCUT2D eigenvalue weighted by Crippen LogP contribution is 2.23. The molecule has 0 spiro atoms. The number of nitrogens with zero attached hydrogens (tertiary/aromatic N) is 3. The van der Waals surface area contributed by atoms with Gasteiger partial charge in [0.25, 0.3) is 0 Å². The van der Waals surface area contributed by atoms with Crippen molar-refractivity contribution in [3.05, 3.63) is 54.7 Å². The number of rotatable bonds is 2. The Kier molecular flexibility index (Phi) is 3.48. The molecule has 5 nitrogen and oxygen atoms in total. The van der Waals surface area contributed by atoms with Crippen LogP contribution in [-0.4, -0.2) is 25.8 Å². The molecule has 3 rings (SSSR count). The summed E-state index contributed by atoms with van der Waals surface area (Å²) in [5, 5.41) is 1.04. The topological polar surface area (TPSA) is 49.0 Å². The second kappa shape index (κ2) is 5.33. The van der Waals surface area contributed by atoms with Crippen molar-refractivity contribution in [2.24, 2.45) is 0 Å². The molecule has 0 saturated carbocycles. The van der Waals surface area contributed by atoms with Crippen LogP contribution in [0.5, 0.6) is 0 Å². The monoisotopic (exact) mass is 297 g/mol. The van der Waals surface area contributed by atoms with Gasteiger partial charge >= 0.3 is 6.09 Å². The van der Waals surface area contributed by atoms with E-state index in [9.17, 15) is 4.79 Å². The Morgan fingerprint density at radius 2 is 2.05 bits per heavy atom. The van der Waals surface area contributed by atoms with E-state index in [-0.39, 0.29) is 6.09 Å². The fourth-order valence-electron chi connectivity index (χ4n) is 2.42. The molecule has 5 heteroatoms. The molecule has 0 amide bonds. The lowest BCUT2D eigenvalue weighted by Crippen LogP contribution is -2.26. The zero-order valence-corrected chi connectivity index (χ0v) is 13.0. The van der Waals surface area contributed by atoms with Crippen molar-refractivity contribution in [1.29, 1.82) is 0 Å². The number of hydrogen-bond acceptors (Lipinski definition) is 3. The summed E-state index contributed by atoms with van der Waals surface area (Å²) in [5.41, 5.74) is 1.39. The number of aromatic nitrogens is 3. The molecule has 0 unspecified atom stereocenters. The summed E-state index contributed by atoms with van der Waals surface area (Å²) < 4.78 is 9.03. The lowest BCUT2D eigenvalue weighted by atomic mass is 10.2. The Morgan fingerprint density at radius 3 is 2.73 bits per heavy atom. The number of carbonyl (C=O) groups is 1. The lowest BCUT2D eigenvalue weighted by Gasteiger charge is -2.19. The van der Waals surface area contributed by atoms with E-state index in [2.05, 4.69) is 4.98 Å². The second-order valence-corrected chi connectivity index (χ2v) is 6.26. The van der Waals surface area contributed by atoms with Crippen LogP contribution in [0.3, 0.4) is 0 Å². The predicted octanol–water partition coefficient (Wildman–Crippen LogP) is 3.67. The summed E-state index contributed by atoms with van der Waals surface area (Å²) in [6.07, 6.45) is 6.89. The van der Waals surface area contributed by atoms with Gasteiger partial charge in [0.15, 0.2) is 0 Å². The highest BCUT2D eigenvalue weighted by atomic mass is 16.6. The smallest absolute Gasteiger partial charge is 0.419 e. The van der Waals surface area contributed by atoms with Gasteiger partial charge < -0.3 is 9.30 Å². The number of para-hydroxylation sites is 1. The van der Waals surface area contributed by atoms with Gasteiger partial charge in [0, 0.05) is 24.0 Å². The molecule has 0 aliphatic carbocycles. The summed E-state index contributed by atoms with van der Waals surface area (Å²) >= 11 is 0. The minimum atomic E-state index is -0.521. The molecule has 0 aliphatic heterocycles. The molecule has 0 saturated heterocycles. The molecular formula is C17H19N3O2. The Balaban J connectivity index is 2.02. The van der Waals surface area contributed by atoms with Gasteiger partial charge in [-0.15, -0.1) is 0 Å². The molecule has 3 aromatic rings. The number of imidazole rings is 1. The van der Waals surface area contributed by atoms with Crippen molar-refractivity contribution in [3.63, 3.8) is 0 Å². The Bertz CT molecular complexity index is 795. The van der Waals surface area contributed by atoms with E-state index in [0.717, 1.165) is 16.5 Å². The van der Waals surface area contributed by atoms with E-state index < -0.39 is 5.60 Å². The third-order valence-corrected chi connectivity index (χ3v) is 3.30. The summed E-state index contributed by atoms with van der Waals surface area (Å²) in [6, 6.07) is 7.84. The van der Waals surface area contributed by atoms with Gasteiger partial charge in [-0.05, 0) is 32.4 Å². The molecule has 1 aromatic carbocycles. The van der Waals surface area contributed by atoms with Crippen molar-refractivity contribution >= 4 is 17.0 Å². The summed E-state index contributed by atoms with van der Waals surface area (Å²) in [7, 11) is 0. The van der Waals surface area contributed by atoms with Crippen molar-refractivity contribution in [3.8, 4) is 0 Å². The first-order valence-corrected chi connectivity index (χ1v) is 7.22. The fraction of sp³-hybridized carbons (Fsp3) is 0.294. The third kappa shape index (κ3) is 2.88. The Labute approximate surface area is 129 Å². The second-order valence-electron chi connectivity index (χ2n) is 6.26. The van der Waals surface area contributed by atoms with Crippen molar-refractivity contribution in [1.82, 2.24) is 14.1 Å². The van der Waals surface area contributed by atoms with Crippen LogP contribution in [0.25, 0.3) is 10.9 Å². The Hall–Kier alpha value is -2.56. The SMILES string of the molecule is CC(C)(C)OC(=O)n1cc(Cn2ccnc2)c2ccccc21. The first kappa shape index (κ1) is 14.4. The maximum absolute atomic E-state index is 12.4. The summed E-state index contributed by atoms with van der Waals surface area (Å²) in [4.78, 5) is 16.5. The molecule has 0 aliphatic rings. The maximum Gasteiger partial charge on any atom is 0.419 e. The van der Waals surface area contributed by atoms with Crippen molar-refractivity contribution in [2.45, 2.75) is 32.9 Å². The van der Waals surface area contributed by atoms with Crippen molar-refractivity contribution < 1.29 is 9.53 Å². The number of hydrogen-bond donors (Lipinski definition) is 0. The fourth-order valence-corrected chi connectivity index (χ4v) is 2.42. The molecular weight excluding hydrogens is 278 g/mol. The summed E-state index contributed by atoms with van der Waals surface area (Å²) in [6.45, 7) is 6.26. The van der Waals surface area contributed by atoms with Gasteiger partial charge in [0.05, 0.1) is 18.4 Å². The van der Waals surface area contributed by atoms with Crippen LogP contribution >= 0.6 is 0 Å². The third-order valence-electron chi connectivity index (χ3n) is 3.30. The first-order valence-electron chi connectivity index (χ1n) is 7.22. The normalized spacial score (nSPS) is 11.8. The molecule has 0 atom stereocenters. The van der Waals surface area contributed by atoms with Crippen LogP contribution in [0, 0.1) is 0 Å². The molecule has 114 valence electrons. The van der Waals surface area contributed by atoms with Crippen LogP contribution in [0.4, 0.5) is 4.79 Å². The summed E-state index contributed by atoms with van der Waals surface area (Å²) in [5.74, 6) is 0. The molecule has 2 heterocycles. The zero-order chi connectivity index (χ0) is 15.7. The average Bonchev–Trinajstić information content (AvgIpc) is 3.06.